The smallest absolute Gasteiger partial charge is 0.267 e. The van der Waals surface area contributed by atoms with E-state index in [1.54, 1.807) is 13.8 Å². The van der Waals surface area contributed by atoms with Crippen LogP contribution in [0.2, 0.25) is 0 Å². The van der Waals surface area contributed by atoms with Gasteiger partial charge >= 0.3 is 0 Å². The van der Waals surface area contributed by atoms with Crippen molar-refractivity contribution in [2.45, 2.75) is 45.6 Å². The molecule has 96 valence electrons. The number of rotatable bonds is 2. The average molecular weight is 262 g/mol. The molecule has 0 aliphatic carbocycles. The molecule has 0 aromatic heterocycles. The Morgan fingerprint density at radius 3 is 1.00 bits per heavy atom. The Morgan fingerprint density at radius 2 is 1.00 bits per heavy atom. The summed E-state index contributed by atoms with van der Waals surface area (Å²) in [6, 6.07) is 0. The van der Waals surface area contributed by atoms with Gasteiger partial charge in [0.2, 0.25) is 0 Å². The highest BCUT2D eigenvalue weighted by Crippen LogP contribution is 1.92. The molecule has 0 atom stereocenters. The lowest BCUT2D eigenvalue weighted by molar-refractivity contribution is 0.473. The van der Waals surface area contributed by atoms with Crippen LogP contribution in [-0.2, 0) is 20.0 Å². The van der Waals surface area contributed by atoms with E-state index >= 15 is 0 Å². The fourth-order valence-electron chi connectivity index (χ4n) is 0. The predicted octanol–water partition coefficient (Wildman–Crippen LogP) is 1.36. The van der Waals surface area contributed by atoms with Crippen molar-refractivity contribution in [2.24, 2.45) is 0 Å². The van der Waals surface area contributed by atoms with Crippen molar-refractivity contribution in [3.8, 4) is 0 Å². The Balaban J connectivity index is -0.000000180. The van der Waals surface area contributed by atoms with E-state index < -0.39 is 25.2 Å². The third-order valence-corrected chi connectivity index (χ3v) is 4.36. The van der Waals surface area contributed by atoms with Crippen molar-refractivity contribution >= 4 is 20.0 Å². The molecule has 0 amide bonds. The van der Waals surface area contributed by atoms with Gasteiger partial charge in [0.1, 0.15) is 9.84 Å². The summed E-state index contributed by atoms with van der Waals surface area (Å²) in [5.41, 5.74) is 0. The van der Waals surface area contributed by atoms with Gasteiger partial charge in [0.15, 0.2) is 0 Å². The number of hydrogen-bond donors (Lipinski definition) is 1. The third-order valence-electron chi connectivity index (χ3n) is 1.45. The molecule has 1 N–H and O–H groups in total. The van der Waals surface area contributed by atoms with Crippen LogP contribution in [0.25, 0.3) is 0 Å². The fraction of sp³-hybridized carbons (Fsp3) is 1.00. The van der Waals surface area contributed by atoms with Crippen LogP contribution in [0.3, 0.4) is 0 Å². The first-order valence-corrected chi connectivity index (χ1v) is 7.50. The highest BCUT2D eigenvalue weighted by Gasteiger charge is 2.08. The maximum absolute atomic E-state index is 10.3. The van der Waals surface area contributed by atoms with E-state index in [1.165, 1.54) is 20.1 Å². The first kappa shape index (κ1) is 20.3. The molecule has 0 rings (SSSR count). The van der Waals surface area contributed by atoms with Crippen molar-refractivity contribution in [1.82, 2.24) is 0 Å². The van der Waals surface area contributed by atoms with E-state index in [1.807, 2.05) is 0 Å². The molecule has 0 aromatic carbocycles. The Morgan fingerprint density at radius 1 is 0.867 bits per heavy atom. The first-order valence-electron chi connectivity index (χ1n) is 4.04. The standard InChI is InChI=1S/C4H10O2S.C3H8O3S.CH4/c1-4(2)7(3,5)6;1-3(2)7(4,5)6;/h4H,1-3H3;3H,1-2H3,(H,4,5,6);1H4. The Hall–Kier alpha value is -0.140. The molecule has 0 heterocycles. The van der Waals surface area contributed by atoms with Crippen LogP contribution in [0.1, 0.15) is 35.1 Å². The van der Waals surface area contributed by atoms with Gasteiger partial charge in [-0.3, -0.25) is 4.55 Å². The van der Waals surface area contributed by atoms with Crippen molar-refractivity contribution < 1.29 is 21.4 Å². The molecule has 0 aliphatic rings. The van der Waals surface area contributed by atoms with E-state index in [0.29, 0.717) is 0 Å². The van der Waals surface area contributed by atoms with Gasteiger partial charge in [0.25, 0.3) is 10.1 Å². The van der Waals surface area contributed by atoms with Crippen molar-refractivity contribution in [2.75, 3.05) is 6.26 Å². The minimum Gasteiger partial charge on any atom is -0.285 e. The SMILES string of the molecule is C.CC(C)S(=O)(=O)O.CC(C)S(C)(=O)=O. The van der Waals surface area contributed by atoms with E-state index in [9.17, 15) is 16.8 Å². The van der Waals surface area contributed by atoms with Gasteiger partial charge in [-0.1, -0.05) is 7.43 Å². The molecule has 0 radical (unpaired) electrons. The summed E-state index contributed by atoms with van der Waals surface area (Å²) in [5.74, 6) is 0. The van der Waals surface area contributed by atoms with Crippen molar-refractivity contribution in [3.63, 3.8) is 0 Å². The molecule has 0 saturated carbocycles. The molecule has 15 heavy (non-hydrogen) atoms. The average Bonchev–Trinajstić information content (AvgIpc) is 1.83. The maximum atomic E-state index is 10.3. The molecule has 0 unspecified atom stereocenters. The first-order chi connectivity index (χ1) is 5.89. The van der Waals surface area contributed by atoms with Crippen molar-refractivity contribution in [3.05, 3.63) is 0 Å². The fourth-order valence-corrected chi connectivity index (χ4v) is 0. The van der Waals surface area contributed by atoms with Crippen LogP contribution in [0, 0.1) is 0 Å². The summed E-state index contributed by atoms with van der Waals surface area (Å²) in [4.78, 5) is 0. The maximum Gasteiger partial charge on any atom is 0.267 e. The zero-order valence-electron chi connectivity index (χ0n) is 9.05. The van der Waals surface area contributed by atoms with Crippen LogP contribution in [0.4, 0.5) is 0 Å². The second-order valence-corrected chi connectivity index (χ2v) is 8.02. The zero-order valence-corrected chi connectivity index (χ0v) is 10.7. The summed E-state index contributed by atoms with van der Waals surface area (Å²) in [5, 5.41) is -0.903. The largest absolute Gasteiger partial charge is 0.285 e. The lowest BCUT2D eigenvalue weighted by Gasteiger charge is -1.96. The summed E-state index contributed by atoms with van der Waals surface area (Å²) in [6.07, 6.45) is 1.23. The molecule has 0 fully saturated rings. The summed E-state index contributed by atoms with van der Waals surface area (Å²) in [6.45, 7) is 6.15. The minimum atomic E-state index is -3.74. The van der Waals surface area contributed by atoms with Crippen LogP contribution in [0.15, 0.2) is 0 Å². The van der Waals surface area contributed by atoms with Crippen molar-refractivity contribution in [1.29, 1.82) is 0 Å². The normalized spacial score (nSPS) is 11.7. The molecule has 7 heteroatoms. The summed E-state index contributed by atoms with van der Waals surface area (Å²) in [7, 11) is -6.48. The van der Waals surface area contributed by atoms with Gasteiger partial charge in [0, 0.05) is 6.26 Å². The molecule has 0 aromatic rings. The van der Waals surface area contributed by atoms with Gasteiger partial charge in [-0.15, -0.1) is 0 Å². The number of sulfone groups is 1. The Kier molecular flexibility index (Phi) is 9.72. The number of hydrogen-bond acceptors (Lipinski definition) is 4. The molecular formula is C8H22O5S2. The van der Waals surface area contributed by atoms with Gasteiger partial charge in [-0.05, 0) is 27.7 Å². The molecule has 0 bridgehead atoms. The van der Waals surface area contributed by atoms with Gasteiger partial charge < -0.3 is 0 Å². The summed E-state index contributed by atoms with van der Waals surface area (Å²) < 4.78 is 48.5. The minimum absolute atomic E-state index is 0. The predicted molar refractivity (Wildman–Crippen MR) is 63.4 cm³/mol. The third kappa shape index (κ3) is 13.9. The zero-order chi connectivity index (χ0) is 12.2. The lowest BCUT2D eigenvalue weighted by Crippen LogP contribution is -2.10. The van der Waals surface area contributed by atoms with Gasteiger partial charge in [-0.25, -0.2) is 8.42 Å². The second kappa shape index (κ2) is 7.19. The highest BCUT2D eigenvalue weighted by molar-refractivity contribution is 7.91. The molecule has 0 aliphatic heterocycles. The van der Waals surface area contributed by atoms with Gasteiger partial charge in [0.05, 0.1) is 10.5 Å². The molecule has 0 saturated heterocycles. The quantitative estimate of drug-likeness (QED) is 0.759. The second-order valence-electron chi connectivity index (χ2n) is 3.44. The summed E-state index contributed by atoms with van der Waals surface area (Å²) >= 11 is 0. The Labute approximate surface area is 93.6 Å². The molecular weight excluding hydrogens is 240 g/mol. The van der Waals surface area contributed by atoms with Crippen LogP contribution in [0.5, 0.6) is 0 Å². The van der Waals surface area contributed by atoms with Gasteiger partial charge in [-0.2, -0.15) is 8.42 Å². The van der Waals surface area contributed by atoms with Crippen LogP contribution in [-0.4, -0.2) is 38.1 Å². The van der Waals surface area contributed by atoms with E-state index in [4.69, 9.17) is 4.55 Å². The highest BCUT2D eigenvalue weighted by atomic mass is 32.2. The van der Waals surface area contributed by atoms with Crippen LogP contribution >= 0.6 is 0 Å². The topological polar surface area (TPSA) is 88.5 Å². The van der Waals surface area contributed by atoms with E-state index in [-0.39, 0.29) is 12.7 Å². The van der Waals surface area contributed by atoms with E-state index in [2.05, 4.69) is 0 Å². The van der Waals surface area contributed by atoms with E-state index in [0.717, 1.165) is 0 Å². The molecule has 5 nitrogen and oxygen atoms in total. The molecule has 0 spiro atoms. The Bertz CT molecular complexity index is 301. The van der Waals surface area contributed by atoms with Crippen LogP contribution < -0.4 is 0 Å². The lowest BCUT2D eigenvalue weighted by atomic mass is 10.6. The monoisotopic (exact) mass is 262 g/mol.